The minimum Gasteiger partial charge on any atom is -0.356 e. The molecule has 132 valence electrons. The van der Waals surface area contributed by atoms with Crippen LogP contribution in [-0.2, 0) is 5.41 Å². The Hall–Kier alpha value is -0.340. The van der Waals surface area contributed by atoms with Crippen LogP contribution in [-0.4, -0.2) is 51.1 Å². The summed E-state index contributed by atoms with van der Waals surface area (Å²) in [5, 5.41) is 9.12. The van der Waals surface area contributed by atoms with Crippen LogP contribution in [0.3, 0.4) is 0 Å². The van der Waals surface area contributed by atoms with Crippen molar-refractivity contribution in [1.29, 1.82) is 0 Å². The van der Waals surface area contributed by atoms with Gasteiger partial charge < -0.3 is 15.5 Å². The quantitative estimate of drug-likeness (QED) is 0.412. The van der Waals surface area contributed by atoms with Crippen LogP contribution in [0.2, 0.25) is 0 Å². The van der Waals surface area contributed by atoms with Crippen LogP contribution in [0.15, 0.2) is 22.5 Å². The third-order valence-corrected chi connectivity index (χ3v) is 5.63. The number of nitrogens with zero attached hydrogens (tertiary/aromatic N) is 2. The molecule has 1 aromatic heterocycles. The smallest absolute Gasteiger partial charge is 0.191 e. The molecule has 1 aliphatic rings. The number of guanidine groups is 1. The third-order valence-electron chi connectivity index (χ3n) is 4.39. The number of rotatable bonds is 5. The molecule has 2 rings (SSSR count). The molecule has 1 unspecified atom stereocenters. The van der Waals surface area contributed by atoms with Gasteiger partial charge in [-0.2, -0.15) is 0 Å². The highest BCUT2D eigenvalue weighted by atomic mass is 127. The highest BCUT2D eigenvalue weighted by molar-refractivity contribution is 14.0. The van der Waals surface area contributed by atoms with Gasteiger partial charge >= 0.3 is 0 Å². The van der Waals surface area contributed by atoms with E-state index in [2.05, 4.69) is 58.9 Å². The number of nitrogens with one attached hydrogen (secondary N) is 2. The van der Waals surface area contributed by atoms with E-state index in [4.69, 9.17) is 0 Å². The van der Waals surface area contributed by atoms with E-state index in [0.29, 0.717) is 0 Å². The van der Waals surface area contributed by atoms with Gasteiger partial charge in [-0.15, -0.1) is 35.3 Å². The number of halogens is 1. The fourth-order valence-corrected chi connectivity index (χ4v) is 3.81. The molecule has 1 saturated heterocycles. The van der Waals surface area contributed by atoms with E-state index in [1.165, 1.54) is 30.8 Å². The van der Waals surface area contributed by atoms with Crippen LogP contribution in [0.25, 0.3) is 0 Å². The molecule has 0 amide bonds. The lowest BCUT2D eigenvalue weighted by molar-refractivity contribution is 0.210. The molecule has 1 aliphatic heterocycles. The van der Waals surface area contributed by atoms with Crippen LogP contribution in [0.5, 0.6) is 0 Å². The Morgan fingerprint density at radius 2 is 2.22 bits per heavy atom. The van der Waals surface area contributed by atoms with Crippen LogP contribution >= 0.6 is 35.3 Å². The predicted octanol–water partition coefficient (Wildman–Crippen LogP) is 3.15. The van der Waals surface area contributed by atoms with Gasteiger partial charge in [0.25, 0.3) is 0 Å². The summed E-state index contributed by atoms with van der Waals surface area (Å²) in [6, 6.07) is 4.33. The third kappa shape index (κ3) is 6.58. The average Bonchev–Trinajstić information content (AvgIpc) is 3.02. The van der Waals surface area contributed by atoms with Gasteiger partial charge in [-0.3, -0.25) is 4.99 Å². The van der Waals surface area contributed by atoms with Gasteiger partial charge in [-0.05, 0) is 43.8 Å². The normalized spacial score (nSPS) is 20.0. The van der Waals surface area contributed by atoms with Gasteiger partial charge in [0.2, 0.25) is 0 Å². The second-order valence-corrected chi connectivity index (χ2v) is 7.89. The maximum absolute atomic E-state index is 4.36. The van der Waals surface area contributed by atoms with Crippen LogP contribution in [0.4, 0.5) is 0 Å². The Labute approximate surface area is 162 Å². The second-order valence-electron chi connectivity index (χ2n) is 6.94. The average molecular weight is 450 g/mol. The summed E-state index contributed by atoms with van der Waals surface area (Å²) in [6.45, 7) is 8.86. The van der Waals surface area contributed by atoms with Gasteiger partial charge in [-0.25, -0.2) is 0 Å². The summed E-state index contributed by atoms with van der Waals surface area (Å²) >= 11 is 1.82. The number of hydrogen-bond donors (Lipinski definition) is 2. The summed E-state index contributed by atoms with van der Waals surface area (Å²) < 4.78 is 0. The summed E-state index contributed by atoms with van der Waals surface area (Å²) in [5.74, 6) is 1.64. The van der Waals surface area contributed by atoms with E-state index in [1.807, 2.05) is 18.4 Å². The lowest BCUT2D eigenvalue weighted by Crippen LogP contribution is -2.46. The monoisotopic (exact) mass is 450 g/mol. The second kappa shape index (κ2) is 9.84. The molecule has 4 nitrogen and oxygen atoms in total. The van der Waals surface area contributed by atoms with Crippen LogP contribution < -0.4 is 10.6 Å². The van der Waals surface area contributed by atoms with Crippen LogP contribution in [0.1, 0.15) is 31.6 Å². The van der Waals surface area contributed by atoms with Crippen molar-refractivity contribution in [2.75, 3.05) is 40.3 Å². The topological polar surface area (TPSA) is 39.7 Å². The predicted molar refractivity (Wildman–Crippen MR) is 112 cm³/mol. The first kappa shape index (κ1) is 20.7. The van der Waals surface area contributed by atoms with E-state index < -0.39 is 0 Å². The van der Waals surface area contributed by atoms with Crippen molar-refractivity contribution in [3.8, 4) is 0 Å². The van der Waals surface area contributed by atoms with Crippen molar-refractivity contribution in [1.82, 2.24) is 15.5 Å². The zero-order valence-corrected chi connectivity index (χ0v) is 17.9. The molecule has 1 fully saturated rings. The highest BCUT2D eigenvalue weighted by Gasteiger charge is 2.22. The maximum Gasteiger partial charge on any atom is 0.191 e. The zero-order valence-electron chi connectivity index (χ0n) is 14.8. The Morgan fingerprint density at radius 1 is 1.43 bits per heavy atom. The molecule has 0 aromatic carbocycles. The molecule has 1 aromatic rings. The molecule has 2 heterocycles. The number of piperidine rings is 1. The van der Waals surface area contributed by atoms with Gasteiger partial charge in [0.05, 0.1) is 0 Å². The summed E-state index contributed by atoms with van der Waals surface area (Å²) in [4.78, 5) is 8.19. The molecule has 1 atom stereocenters. The Morgan fingerprint density at radius 3 is 2.83 bits per heavy atom. The number of aliphatic imine (C=N–C) groups is 1. The lowest BCUT2D eigenvalue weighted by atomic mass is 9.91. The molecule has 0 radical (unpaired) electrons. The lowest BCUT2D eigenvalue weighted by Gasteiger charge is -2.30. The molecule has 23 heavy (non-hydrogen) atoms. The van der Waals surface area contributed by atoms with Crippen molar-refractivity contribution < 1.29 is 0 Å². The molecule has 6 heteroatoms. The van der Waals surface area contributed by atoms with Gasteiger partial charge in [0, 0.05) is 37.0 Å². The number of thiophene rings is 1. The molecule has 0 bridgehead atoms. The van der Waals surface area contributed by atoms with Crippen molar-refractivity contribution in [3.05, 3.63) is 22.4 Å². The minimum absolute atomic E-state index is 0. The first-order valence-electron chi connectivity index (χ1n) is 8.18. The van der Waals surface area contributed by atoms with Crippen LogP contribution in [0, 0.1) is 5.92 Å². The number of hydrogen-bond acceptors (Lipinski definition) is 3. The van der Waals surface area contributed by atoms with E-state index in [-0.39, 0.29) is 29.4 Å². The molecule has 0 saturated carbocycles. The van der Waals surface area contributed by atoms with E-state index in [0.717, 1.165) is 25.0 Å². The van der Waals surface area contributed by atoms with E-state index in [1.54, 1.807) is 0 Å². The van der Waals surface area contributed by atoms with Crippen molar-refractivity contribution in [2.24, 2.45) is 10.9 Å². The Bertz CT molecular complexity index is 473. The standard InChI is InChI=1S/C17H30N4S.HI/c1-17(2,15-8-6-10-22-15)13-20-16(18-3)19-11-14-7-5-9-21(4)12-14;/h6,8,10,14H,5,7,9,11-13H2,1-4H3,(H2,18,19,20);1H. The zero-order chi connectivity index (χ0) is 16.0. The summed E-state index contributed by atoms with van der Waals surface area (Å²) in [7, 11) is 4.06. The molecular weight excluding hydrogens is 419 g/mol. The Kier molecular flexibility index (Phi) is 8.85. The fourth-order valence-electron chi connectivity index (χ4n) is 2.96. The molecule has 2 N–H and O–H groups in total. The highest BCUT2D eigenvalue weighted by Crippen LogP contribution is 2.26. The van der Waals surface area contributed by atoms with Gasteiger partial charge in [0.15, 0.2) is 5.96 Å². The summed E-state index contributed by atoms with van der Waals surface area (Å²) in [6.07, 6.45) is 2.62. The minimum atomic E-state index is 0. The largest absolute Gasteiger partial charge is 0.356 e. The maximum atomic E-state index is 4.36. The SMILES string of the molecule is CN=C(NCC1CCCN(C)C1)NCC(C)(C)c1cccs1.I. The molecular formula is C17H31IN4S. The number of likely N-dealkylation sites (tertiary alicyclic amines) is 1. The van der Waals surface area contributed by atoms with Crippen molar-refractivity contribution in [2.45, 2.75) is 32.1 Å². The Balaban J connectivity index is 0.00000264. The fraction of sp³-hybridized carbons (Fsp3) is 0.706. The van der Waals surface area contributed by atoms with Gasteiger partial charge in [0.1, 0.15) is 0 Å². The first-order valence-corrected chi connectivity index (χ1v) is 9.06. The van der Waals surface area contributed by atoms with E-state index in [9.17, 15) is 0 Å². The molecule has 0 spiro atoms. The first-order chi connectivity index (χ1) is 10.5. The van der Waals surface area contributed by atoms with Gasteiger partial charge in [-0.1, -0.05) is 19.9 Å². The van der Waals surface area contributed by atoms with E-state index >= 15 is 0 Å². The van der Waals surface area contributed by atoms with Crippen molar-refractivity contribution >= 4 is 41.3 Å². The van der Waals surface area contributed by atoms with Crippen molar-refractivity contribution in [3.63, 3.8) is 0 Å². The summed E-state index contributed by atoms with van der Waals surface area (Å²) in [5.41, 5.74) is 0.122. The molecule has 0 aliphatic carbocycles.